The molecule has 0 aliphatic heterocycles. The summed E-state index contributed by atoms with van der Waals surface area (Å²) in [5.74, 6) is -0.827. The fourth-order valence-corrected chi connectivity index (χ4v) is 1.61. The van der Waals surface area contributed by atoms with Crippen LogP contribution in [0.4, 0.5) is 5.69 Å². The van der Waals surface area contributed by atoms with Crippen molar-refractivity contribution in [1.29, 1.82) is 0 Å². The van der Waals surface area contributed by atoms with Crippen LogP contribution in [0.2, 0.25) is 0 Å². The van der Waals surface area contributed by atoms with Gasteiger partial charge in [-0.15, -0.1) is 0 Å². The Balaban J connectivity index is 2.19. The van der Waals surface area contributed by atoms with Crippen LogP contribution in [0.25, 0.3) is 11.4 Å². The van der Waals surface area contributed by atoms with Gasteiger partial charge in [-0.25, -0.2) is 4.79 Å². The van der Waals surface area contributed by atoms with Gasteiger partial charge in [0.2, 0.25) is 5.82 Å². The van der Waals surface area contributed by atoms with E-state index >= 15 is 0 Å². The summed E-state index contributed by atoms with van der Waals surface area (Å²) in [4.78, 5) is 24.6. The highest BCUT2D eigenvalue weighted by atomic mass is 16.6. The number of aliphatic carboxylic acids is 1. The highest BCUT2D eigenvalue weighted by Gasteiger charge is 2.15. The zero-order chi connectivity index (χ0) is 15.4. The second kappa shape index (κ2) is 6.09. The number of benzene rings is 1. The van der Waals surface area contributed by atoms with E-state index in [0.717, 1.165) is 5.56 Å². The lowest BCUT2D eigenvalue weighted by atomic mass is 10.1. The molecule has 0 aliphatic rings. The third-order valence-electron chi connectivity index (χ3n) is 2.59. The minimum absolute atomic E-state index is 0.0796. The Morgan fingerprint density at radius 2 is 2.29 bits per heavy atom. The summed E-state index contributed by atoms with van der Waals surface area (Å²) in [6, 6.07) is 4.32. The Morgan fingerprint density at radius 1 is 1.52 bits per heavy atom. The summed E-state index contributed by atoms with van der Waals surface area (Å²) in [7, 11) is 0. The summed E-state index contributed by atoms with van der Waals surface area (Å²) in [5, 5.41) is 22.9. The fourth-order valence-electron chi connectivity index (χ4n) is 1.61. The van der Waals surface area contributed by atoms with Crippen LogP contribution in [0, 0.1) is 17.0 Å². The summed E-state index contributed by atoms with van der Waals surface area (Å²) in [6.07, 6.45) is 0. The maximum Gasteiger partial charge on any atom is 0.329 e. The Kier molecular flexibility index (Phi) is 4.24. The molecule has 2 aromatic rings. The number of carboxylic acids is 1. The zero-order valence-electron chi connectivity index (χ0n) is 11.0. The van der Waals surface area contributed by atoms with Crippen molar-refractivity contribution in [2.45, 2.75) is 13.5 Å². The van der Waals surface area contributed by atoms with E-state index < -0.39 is 17.5 Å². The van der Waals surface area contributed by atoms with Gasteiger partial charge in [-0.3, -0.25) is 10.1 Å². The third-order valence-corrected chi connectivity index (χ3v) is 2.59. The molecule has 1 aromatic carbocycles. The zero-order valence-corrected chi connectivity index (χ0v) is 11.0. The van der Waals surface area contributed by atoms with Crippen molar-refractivity contribution in [3.05, 3.63) is 39.8 Å². The number of nitrogens with zero attached hydrogens (tertiary/aromatic N) is 3. The molecule has 21 heavy (non-hydrogen) atoms. The molecule has 2 rings (SSSR count). The molecule has 0 unspecified atom stereocenters. The number of aryl methyl sites for hydroxylation is 1. The second-order valence-electron chi connectivity index (χ2n) is 4.15. The first-order chi connectivity index (χ1) is 9.97. The quantitative estimate of drug-likeness (QED) is 0.627. The van der Waals surface area contributed by atoms with Gasteiger partial charge in [0, 0.05) is 17.7 Å². The van der Waals surface area contributed by atoms with Crippen molar-refractivity contribution < 1.29 is 24.1 Å². The molecule has 1 heterocycles. The lowest BCUT2D eigenvalue weighted by Crippen LogP contribution is -2.06. The molecule has 0 radical (unpaired) electrons. The van der Waals surface area contributed by atoms with Gasteiger partial charge in [-0.1, -0.05) is 11.2 Å². The molecule has 0 saturated carbocycles. The van der Waals surface area contributed by atoms with Crippen LogP contribution in [0.15, 0.2) is 22.7 Å². The maximum atomic E-state index is 10.8. The second-order valence-corrected chi connectivity index (χ2v) is 4.15. The molecule has 0 aliphatic carbocycles. The number of non-ortho nitro benzene ring substituents is 1. The molecule has 0 atom stereocenters. The van der Waals surface area contributed by atoms with Crippen molar-refractivity contribution >= 4 is 11.7 Å². The first kappa shape index (κ1) is 14.6. The van der Waals surface area contributed by atoms with Crippen LogP contribution < -0.4 is 0 Å². The van der Waals surface area contributed by atoms with Gasteiger partial charge >= 0.3 is 5.97 Å². The van der Waals surface area contributed by atoms with Gasteiger partial charge in [-0.2, -0.15) is 4.98 Å². The molecular formula is C12H11N3O6. The van der Waals surface area contributed by atoms with E-state index in [1.807, 2.05) is 0 Å². The van der Waals surface area contributed by atoms with Gasteiger partial charge < -0.3 is 14.4 Å². The van der Waals surface area contributed by atoms with E-state index in [1.54, 1.807) is 13.0 Å². The average molecular weight is 293 g/mol. The molecule has 1 N–H and O–H groups in total. The predicted molar refractivity (Wildman–Crippen MR) is 68.4 cm³/mol. The van der Waals surface area contributed by atoms with E-state index in [4.69, 9.17) is 14.4 Å². The van der Waals surface area contributed by atoms with Crippen LogP contribution in [0.5, 0.6) is 0 Å². The fraction of sp³-hybridized carbons (Fsp3) is 0.250. The van der Waals surface area contributed by atoms with Crippen LogP contribution >= 0.6 is 0 Å². The van der Waals surface area contributed by atoms with Crippen molar-refractivity contribution in [2.75, 3.05) is 6.61 Å². The SMILES string of the molecule is Cc1ccc([N+](=O)[O-])cc1-c1noc(COCC(=O)O)n1. The Morgan fingerprint density at radius 3 is 2.95 bits per heavy atom. The number of carboxylic acid groups (broad SMARTS) is 1. The average Bonchev–Trinajstić information content (AvgIpc) is 2.87. The molecule has 9 nitrogen and oxygen atoms in total. The van der Waals surface area contributed by atoms with Crippen molar-refractivity contribution in [3.8, 4) is 11.4 Å². The standard InChI is InChI=1S/C12H11N3O6/c1-7-2-3-8(15(18)19)4-9(7)12-13-10(21-14-12)5-20-6-11(16)17/h2-4H,5-6H2,1H3,(H,16,17). The summed E-state index contributed by atoms with van der Waals surface area (Å²) in [6.45, 7) is 1.14. The minimum Gasteiger partial charge on any atom is -0.480 e. The van der Waals surface area contributed by atoms with Gasteiger partial charge in [0.15, 0.2) is 0 Å². The molecule has 0 bridgehead atoms. The summed E-state index contributed by atoms with van der Waals surface area (Å²) >= 11 is 0. The van der Waals surface area contributed by atoms with Gasteiger partial charge in [-0.05, 0) is 12.5 Å². The highest BCUT2D eigenvalue weighted by Crippen LogP contribution is 2.25. The van der Waals surface area contributed by atoms with Gasteiger partial charge in [0.05, 0.1) is 4.92 Å². The summed E-state index contributed by atoms with van der Waals surface area (Å²) < 4.78 is 9.73. The molecular weight excluding hydrogens is 282 g/mol. The van der Waals surface area contributed by atoms with Crippen LogP contribution in [0.1, 0.15) is 11.5 Å². The van der Waals surface area contributed by atoms with Gasteiger partial charge in [0.25, 0.3) is 11.6 Å². The highest BCUT2D eigenvalue weighted by molar-refractivity contribution is 5.68. The topological polar surface area (TPSA) is 129 Å². The number of nitro groups is 1. The number of rotatable bonds is 6. The monoisotopic (exact) mass is 293 g/mol. The van der Waals surface area contributed by atoms with E-state index in [9.17, 15) is 14.9 Å². The molecule has 0 amide bonds. The number of hydrogen-bond acceptors (Lipinski definition) is 7. The van der Waals surface area contributed by atoms with Crippen LogP contribution in [-0.2, 0) is 16.1 Å². The van der Waals surface area contributed by atoms with Gasteiger partial charge in [0.1, 0.15) is 13.2 Å². The van der Waals surface area contributed by atoms with Crippen LogP contribution in [-0.4, -0.2) is 32.7 Å². The maximum absolute atomic E-state index is 10.8. The first-order valence-electron chi connectivity index (χ1n) is 5.85. The number of carbonyl (C=O) groups is 1. The normalized spacial score (nSPS) is 10.5. The molecule has 110 valence electrons. The predicted octanol–water partition coefficient (Wildman–Crippen LogP) is 1.55. The smallest absolute Gasteiger partial charge is 0.329 e. The Hall–Kier alpha value is -2.81. The van der Waals surface area contributed by atoms with Crippen molar-refractivity contribution in [2.24, 2.45) is 0 Å². The number of aromatic nitrogens is 2. The van der Waals surface area contributed by atoms with Crippen molar-refractivity contribution in [3.63, 3.8) is 0 Å². The lowest BCUT2D eigenvalue weighted by molar-refractivity contribution is -0.384. The molecule has 0 saturated heterocycles. The molecule has 1 aromatic heterocycles. The lowest BCUT2D eigenvalue weighted by Gasteiger charge is -2.00. The summed E-state index contributed by atoms with van der Waals surface area (Å²) in [5.41, 5.74) is 1.14. The molecule has 0 fully saturated rings. The molecule has 9 heteroatoms. The molecule has 0 spiro atoms. The third kappa shape index (κ3) is 3.60. The first-order valence-corrected chi connectivity index (χ1v) is 5.85. The van der Waals surface area contributed by atoms with E-state index in [1.165, 1.54) is 12.1 Å². The van der Waals surface area contributed by atoms with Crippen LogP contribution in [0.3, 0.4) is 0 Å². The van der Waals surface area contributed by atoms with E-state index in [0.29, 0.717) is 5.56 Å². The Bertz CT molecular complexity index is 681. The number of nitro benzene ring substituents is 1. The van der Waals surface area contributed by atoms with E-state index in [-0.39, 0.29) is 24.0 Å². The van der Waals surface area contributed by atoms with Crippen molar-refractivity contribution in [1.82, 2.24) is 10.1 Å². The minimum atomic E-state index is -1.11. The largest absolute Gasteiger partial charge is 0.480 e. The number of ether oxygens (including phenoxy) is 1. The number of hydrogen-bond donors (Lipinski definition) is 1. The Labute approximate surface area is 118 Å². The van der Waals surface area contributed by atoms with E-state index in [2.05, 4.69) is 10.1 Å².